The molecule has 1 atom stereocenters. The fourth-order valence-electron chi connectivity index (χ4n) is 2.43. The zero-order valence-electron chi connectivity index (χ0n) is 12.2. The van der Waals surface area contributed by atoms with E-state index in [4.69, 9.17) is 0 Å². The number of carbonyl (C=O) groups excluding carboxylic acids is 2. The normalized spacial score (nSPS) is 21.7. The molecule has 0 bridgehead atoms. The molecule has 0 radical (unpaired) electrons. The van der Waals surface area contributed by atoms with E-state index in [-0.39, 0.29) is 17.2 Å². The maximum Gasteiger partial charge on any atom is 0.340 e. The van der Waals surface area contributed by atoms with Gasteiger partial charge in [-0.15, -0.1) is 0 Å². The van der Waals surface area contributed by atoms with Crippen LogP contribution in [0.3, 0.4) is 0 Å². The number of rotatable bonds is 3. The van der Waals surface area contributed by atoms with Crippen LogP contribution >= 0.6 is 0 Å². The van der Waals surface area contributed by atoms with Gasteiger partial charge in [-0.1, -0.05) is 0 Å². The minimum atomic E-state index is -0.684. The second-order valence-electron chi connectivity index (χ2n) is 5.48. The molecule has 1 saturated heterocycles. The lowest BCUT2D eigenvalue weighted by Crippen LogP contribution is -2.46. The lowest BCUT2D eigenvalue weighted by atomic mass is 9.82. The molecule has 0 aliphatic carbocycles. The third kappa shape index (κ3) is 3.39. The SMILES string of the molecule is COC(=O)c1cc(F)ccc1NC(=O)C1(C)CCCNC1. The summed E-state index contributed by atoms with van der Waals surface area (Å²) in [5.41, 5.74) is -0.265. The molecule has 1 amide bonds. The van der Waals surface area contributed by atoms with Crippen molar-refractivity contribution >= 4 is 17.6 Å². The predicted octanol–water partition coefficient (Wildman–Crippen LogP) is 1.94. The van der Waals surface area contributed by atoms with Gasteiger partial charge in [0.15, 0.2) is 0 Å². The maximum atomic E-state index is 13.3. The monoisotopic (exact) mass is 294 g/mol. The summed E-state index contributed by atoms with van der Waals surface area (Å²) >= 11 is 0. The van der Waals surface area contributed by atoms with Crippen LogP contribution in [-0.2, 0) is 9.53 Å². The predicted molar refractivity (Wildman–Crippen MR) is 76.6 cm³/mol. The summed E-state index contributed by atoms with van der Waals surface area (Å²) in [5.74, 6) is -1.43. The molecular weight excluding hydrogens is 275 g/mol. The number of ether oxygens (including phenoxy) is 1. The summed E-state index contributed by atoms with van der Waals surface area (Å²) in [6, 6.07) is 3.63. The summed E-state index contributed by atoms with van der Waals surface area (Å²) in [4.78, 5) is 24.1. The van der Waals surface area contributed by atoms with Crippen LogP contribution < -0.4 is 10.6 Å². The molecule has 0 saturated carbocycles. The zero-order chi connectivity index (χ0) is 15.5. The van der Waals surface area contributed by atoms with E-state index in [1.165, 1.54) is 19.2 Å². The second-order valence-corrected chi connectivity index (χ2v) is 5.48. The molecule has 21 heavy (non-hydrogen) atoms. The fraction of sp³-hybridized carbons (Fsp3) is 0.467. The van der Waals surface area contributed by atoms with Crippen molar-refractivity contribution in [3.05, 3.63) is 29.6 Å². The van der Waals surface area contributed by atoms with Crippen LogP contribution in [0.15, 0.2) is 18.2 Å². The van der Waals surface area contributed by atoms with Crippen molar-refractivity contribution in [2.24, 2.45) is 5.41 Å². The van der Waals surface area contributed by atoms with E-state index < -0.39 is 17.2 Å². The molecule has 1 aliphatic heterocycles. The number of hydrogen-bond donors (Lipinski definition) is 2. The molecule has 5 nitrogen and oxygen atoms in total. The standard InChI is InChI=1S/C15H19FN2O3/c1-15(6-3-7-17-9-15)14(20)18-12-5-4-10(16)8-11(12)13(19)21-2/h4-5,8,17H,3,6-7,9H2,1-2H3,(H,18,20). The Morgan fingerprint density at radius 1 is 1.43 bits per heavy atom. The Morgan fingerprint density at radius 3 is 2.81 bits per heavy atom. The van der Waals surface area contributed by atoms with Crippen molar-refractivity contribution in [2.75, 3.05) is 25.5 Å². The number of methoxy groups -OCH3 is 1. The van der Waals surface area contributed by atoms with E-state index in [2.05, 4.69) is 15.4 Å². The molecular formula is C15H19FN2O3. The van der Waals surface area contributed by atoms with Gasteiger partial charge in [-0.2, -0.15) is 0 Å². The highest BCUT2D eigenvalue weighted by molar-refractivity contribution is 6.02. The van der Waals surface area contributed by atoms with E-state index >= 15 is 0 Å². The van der Waals surface area contributed by atoms with E-state index in [0.717, 1.165) is 25.5 Å². The number of hydrogen-bond acceptors (Lipinski definition) is 4. The van der Waals surface area contributed by atoms with Crippen LogP contribution in [0.4, 0.5) is 10.1 Å². The van der Waals surface area contributed by atoms with Gasteiger partial charge in [-0.25, -0.2) is 9.18 Å². The Morgan fingerprint density at radius 2 is 2.19 bits per heavy atom. The van der Waals surface area contributed by atoms with Gasteiger partial charge in [0.2, 0.25) is 5.91 Å². The first-order chi connectivity index (χ1) is 9.96. The van der Waals surface area contributed by atoms with Gasteiger partial charge >= 0.3 is 5.97 Å². The fourth-order valence-corrected chi connectivity index (χ4v) is 2.43. The van der Waals surface area contributed by atoms with Gasteiger partial charge < -0.3 is 15.4 Å². The third-order valence-electron chi connectivity index (χ3n) is 3.78. The summed E-state index contributed by atoms with van der Waals surface area (Å²) in [7, 11) is 1.21. The number of benzene rings is 1. The Kier molecular flexibility index (Phi) is 4.57. The molecule has 1 aromatic carbocycles. The first-order valence-corrected chi connectivity index (χ1v) is 6.86. The van der Waals surface area contributed by atoms with Crippen LogP contribution in [0, 0.1) is 11.2 Å². The molecule has 6 heteroatoms. The van der Waals surface area contributed by atoms with Gasteiger partial charge in [-0.05, 0) is 44.5 Å². The van der Waals surface area contributed by atoms with Crippen LogP contribution in [0.5, 0.6) is 0 Å². The minimum absolute atomic E-state index is 0.0122. The number of esters is 1. The Balaban J connectivity index is 2.22. The van der Waals surface area contributed by atoms with Gasteiger partial charge in [0.05, 0.1) is 23.8 Å². The number of anilines is 1. The van der Waals surface area contributed by atoms with E-state index in [9.17, 15) is 14.0 Å². The Labute approximate surface area is 122 Å². The minimum Gasteiger partial charge on any atom is -0.465 e. The molecule has 1 unspecified atom stereocenters. The third-order valence-corrected chi connectivity index (χ3v) is 3.78. The largest absolute Gasteiger partial charge is 0.465 e. The van der Waals surface area contributed by atoms with Crippen molar-refractivity contribution in [3.8, 4) is 0 Å². The van der Waals surface area contributed by atoms with E-state index in [0.29, 0.717) is 6.54 Å². The van der Waals surface area contributed by atoms with Crippen molar-refractivity contribution in [3.63, 3.8) is 0 Å². The van der Waals surface area contributed by atoms with Crippen LogP contribution in [-0.4, -0.2) is 32.1 Å². The number of piperidine rings is 1. The molecule has 2 rings (SSSR count). The first-order valence-electron chi connectivity index (χ1n) is 6.86. The quantitative estimate of drug-likeness (QED) is 0.836. The summed E-state index contributed by atoms with van der Waals surface area (Å²) in [6.45, 7) is 3.34. The summed E-state index contributed by atoms with van der Waals surface area (Å²) < 4.78 is 17.9. The molecule has 1 aliphatic rings. The van der Waals surface area contributed by atoms with Crippen LogP contribution in [0.25, 0.3) is 0 Å². The highest BCUT2D eigenvalue weighted by Crippen LogP contribution is 2.28. The zero-order valence-corrected chi connectivity index (χ0v) is 12.2. The molecule has 1 heterocycles. The Hall–Kier alpha value is -1.95. The summed E-state index contributed by atoms with van der Waals surface area (Å²) in [5, 5.41) is 5.90. The van der Waals surface area contributed by atoms with Gasteiger partial charge in [0.1, 0.15) is 5.82 Å². The van der Waals surface area contributed by atoms with E-state index in [1.54, 1.807) is 0 Å². The first kappa shape index (κ1) is 15.4. The molecule has 0 spiro atoms. The summed E-state index contributed by atoms with van der Waals surface area (Å²) in [6.07, 6.45) is 1.68. The van der Waals surface area contributed by atoms with Gasteiger partial charge in [0.25, 0.3) is 0 Å². The molecule has 114 valence electrons. The highest BCUT2D eigenvalue weighted by atomic mass is 19.1. The smallest absolute Gasteiger partial charge is 0.340 e. The average Bonchev–Trinajstić information content (AvgIpc) is 2.49. The molecule has 2 N–H and O–H groups in total. The lowest BCUT2D eigenvalue weighted by Gasteiger charge is -2.32. The highest BCUT2D eigenvalue weighted by Gasteiger charge is 2.35. The number of halogens is 1. The van der Waals surface area contributed by atoms with Crippen LogP contribution in [0.1, 0.15) is 30.1 Å². The van der Waals surface area contributed by atoms with Crippen molar-refractivity contribution < 1.29 is 18.7 Å². The second kappa shape index (κ2) is 6.22. The number of carbonyl (C=O) groups is 2. The van der Waals surface area contributed by atoms with E-state index in [1.807, 2.05) is 6.92 Å². The van der Waals surface area contributed by atoms with Gasteiger partial charge in [-0.3, -0.25) is 4.79 Å². The maximum absolute atomic E-state index is 13.3. The molecule has 0 aromatic heterocycles. The van der Waals surface area contributed by atoms with Gasteiger partial charge in [0, 0.05) is 6.54 Å². The van der Waals surface area contributed by atoms with Crippen molar-refractivity contribution in [1.29, 1.82) is 0 Å². The van der Waals surface area contributed by atoms with Crippen molar-refractivity contribution in [2.45, 2.75) is 19.8 Å². The topological polar surface area (TPSA) is 67.4 Å². The lowest BCUT2D eigenvalue weighted by molar-refractivity contribution is -0.125. The van der Waals surface area contributed by atoms with Crippen LogP contribution in [0.2, 0.25) is 0 Å². The molecule has 1 aromatic rings. The number of amides is 1. The van der Waals surface area contributed by atoms with Crippen molar-refractivity contribution in [1.82, 2.24) is 5.32 Å². The molecule has 1 fully saturated rings. The Bertz CT molecular complexity index is 554. The average molecular weight is 294 g/mol. The number of nitrogens with one attached hydrogen (secondary N) is 2.